The molecular weight excluding hydrogens is 433 g/mol. The molecule has 2 aromatic carbocycles. The molecule has 0 aromatic heterocycles. The lowest BCUT2D eigenvalue weighted by atomic mass is 10.0. The number of aliphatic hydroxyl groups is 1. The number of hydrogen-bond acceptors (Lipinski definition) is 6. The van der Waals surface area contributed by atoms with Crippen molar-refractivity contribution in [1.82, 2.24) is 10.2 Å². The molecule has 1 atom stereocenters. The van der Waals surface area contributed by atoms with E-state index >= 15 is 0 Å². The maximum atomic E-state index is 12.7. The van der Waals surface area contributed by atoms with Crippen molar-refractivity contribution in [2.24, 2.45) is 0 Å². The van der Waals surface area contributed by atoms with E-state index in [2.05, 4.69) is 10.6 Å². The Morgan fingerprint density at radius 2 is 1.84 bits per heavy atom. The molecule has 0 radical (unpaired) electrons. The summed E-state index contributed by atoms with van der Waals surface area (Å²) in [4.78, 5) is 33.0. The van der Waals surface area contributed by atoms with Crippen molar-refractivity contribution in [1.29, 1.82) is 0 Å². The first-order valence-electron chi connectivity index (χ1n) is 10.3. The first-order chi connectivity index (χ1) is 15.0. The minimum Gasteiger partial charge on any atom is -0.404 e. The highest BCUT2D eigenvalue weighted by Crippen LogP contribution is 2.40. The molecule has 0 saturated heterocycles. The van der Waals surface area contributed by atoms with Crippen LogP contribution in [0.15, 0.2) is 36.4 Å². The molecule has 32 heavy (non-hydrogen) atoms. The zero-order valence-electron chi connectivity index (χ0n) is 18.8. The Kier molecular flexibility index (Phi) is 9.39. The third-order valence-electron chi connectivity index (χ3n) is 5.04. The first kappa shape index (κ1) is 26.0. The van der Waals surface area contributed by atoms with E-state index in [4.69, 9.17) is 4.52 Å². The number of nitrogens with zero attached hydrogens (tertiary/aromatic N) is 1. The molecule has 0 spiro atoms. The fourth-order valence-electron chi connectivity index (χ4n) is 3.37. The van der Waals surface area contributed by atoms with Gasteiger partial charge >= 0.3 is 7.82 Å². The highest BCUT2D eigenvalue weighted by atomic mass is 31.2. The van der Waals surface area contributed by atoms with Crippen molar-refractivity contribution in [3.63, 3.8) is 0 Å². The number of amides is 1. The Hall–Kier alpha value is -2.26. The van der Waals surface area contributed by atoms with E-state index in [-0.39, 0.29) is 24.7 Å². The van der Waals surface area contributed by atoms with Gasteiger partial charge in [-0.3, -0.25) is 19.5 Å². The van der Waals surface area contributed by atoms with Crippen LogP contribution in [0.3, 0.4) is 0 Å². The molecule has 9 nitrogen and oxygen atoms in total. The van der Waals surface area contributed by atoms with E-state index in [0.29, 0.717) is 24.2 Å². The van der Waals surface area contributed by atoms with Crippen LogP contribution in [0.1, 0.15) is 35.3 Å². The van der Waals surface area contributed by atoms with Crippen molar-refractivity contribution in [2.45, 2.75) is 33.4 Å². The molecule has 0 heterocycles. The number of phosphoric ester groups is 1. The maximum absolute atomic E-state index is 12.7. The molecule has 10 heteroatoms. The highest BCUT2D eigenvalue weighted by Gasteiger charge is 2.21. The van der Waals surface area contributed by atoms with Crippen molar-refractivity contribution >= 4 is 19.4 Å². The molecule has 2 aromatic rings. The fraction of sp³-hybridized carbons (Fsp3) is 0.409. The third-order valence-corrected chi connectivity index (χ3v) is 5.47. The van der Waals surface area contributed by atoms with Crippen molar-refractivity contribution in [3.05, 3.63) is 58.7 Å². The first-order valence-corrected chi connectivity index (χ1v) is 11.9. The molecule has 0 aliphatic rings. The second kappa shape index (κ2) is 11.6. The lowest BCUT2D eigenvalue weighted by Gasteiger charge is -2.23. The molecule has 5 N–H and O–H groups in total. The summed E-state index contributed by atoms with van der Waals surface area (Å²) >= 11 is 0. The van der Waals surface area contributed by atoms with E-state index in [1.165, 1.54) is 6.07 Å². The van der Waals surface area contributed by atoms with Gasteiger partial charge in [0.05, 0.1) is 12.6 Å². The van der Waals surface area contributed by atoms with Gasteiger partial charge in [0, 0.05) is 24.3 Å². The zero-order valence-corrected chi connectivity index (χ0v) is 19.7. The van der Waals surface area contributed by atoms with Gasteiger partial charge < -0.3 is 20.3 Å². The van der Waals surface area contributed by atoms with E-state index in [9.17, 15) is 24.3 Å². The molecule has 2 rings (SSSR count). The summed E-state index contributed by atoms with van der Waals surface area (Å²) in [6.45, 7) is 6.83. The molecule has 0 aliphatic heterocycles. The summed E-state index contributed by atoms with van der Waals surface area (Å²) in [6.07, 6.45) is -0.801. The third kappa shape index (κ3) is 7.70. The Morgan fingerprint density at radius 1 is 1.19 bits per heavy atom. The van der Waals surface area contributed by atoms with Crippen molar-refractivity contribution in [3.8, 4) is 5.75 Å². The van der Waals surface area contributed by atoms with Crippen molar-refractivity contribution < 1.29 is 28.8 Å². The van der Waals surface area contributed by atoms with Crippen LogP contribution in [0.2, 0.25) is 0 Å². The van der Waals surface area contributed by atoms with Crippen LogP contribution in [0.4, 0.5) is 5.69 Å². The molecule has 1 amide bonds. The monoisotopic (exact) mass is 465 g/mol. The Labute approximate surface area is 188 Å². The molecule has 176 valence electrons. The standard InChI is InChI=1S/C22H32N3O6P/c1-5-25(14-21(27)24-22-15(2)7-6-8-16(22)3)13-18-11-17(19(26)12-23-4)9-10-20(18)31-32(28,29)30/h6-11,19,23,26H,5,12-14H2,1-4H3,(H,24,27)(H2,28,29,30). The quantitative estimate of drug-likeness (QED) is 0.320. The number of para-hydroxylation sites is 1. The van der Waals surface area contributed by atoms with Crippen LogP contribution in [-0.4, -0.2) is 52.4 Å². The van der Waals surface area contributed by atoms with Crippen LogP contribution < -0.4 is 15.2 Å². The number of carbonyl (C=O) groups is 1. The second-order valence-corrected chi connectivity index (χ2v) is 8.80. The number of carbonyl (C=O) groups excluding carboxylic acids is 1. The summed E-state index contributed by atoms with van der Waals surface area (Å²) in [5.74, 6) is -0.194. The number of anilines is 1. The van der Waals surface area contributed by atoms with Gasteiger partial charge in [-0.2, -0.15) is 0 Å². The summed E-state index contributed by atoms with van der Waals surface area (Å²) in [7, 11) is -3.06. The summed E-state index contributed by atoms with van der Waals surface area (Å²) in [5, 5.41) is 16.1. The van der Waals surface area contributed by atoms with E-state index in [1.807, 2.05) is 43.9 Å². The van der Waals surface area contributed by atoms with Crippen LogP contribution in [-0.2, 0) is 15.9 Å². The lowest BCUT2D eigenvalue weighted by Crippen LogP contribution is -2.33. The maximum Gasteiger partial charge on any atom is 0.524 e. The van der Waals surface area contributed by atoms with Gasteiger partial charge in [-0.1, -0.05) is 31.2 Å². The molecule has 0 saturated carbocycles. The molecular formula is C22H32N3O6P. The van der Waals surface area contributed by atoms with Gasteiger partial charge in [-0.05, 0) is 56.3 Å². The number of aryl methyl sites for hydroxylation is 2. The number of benzene rings is 2. The summed E-state index contributed by atoms with van der Waals surface area (Å²) in [6, 6.07) is 10.4. The largest absolute Gasteiger partial charge is 0.524 e. The Balaban J connectivity index is 2.23. The average Bonchev–Trinajstić information content (AvgIpc) is 2.70. The van der Waals surface area contributed by atoms with Gasteiger partial charge in [-0.15, -0.1) is 0 Å². The van der Waals surface area contributed by atoms with Gasteiger partial charge in [-0.25, -0.2) is 4.57 Å². The minimum atomic E-state index is -4.78. The normalized spacial score (nSPS) is 12.6. The Morgan fingerprint density at radius 3 is 2.41 bits per heavy atom. The predicted octanol–water partition coefficient (Wildman–Crippen LogP) is 2.49. The zero-order chi connectivity index (χ0) is 23.9. The number of rotatable bonds is 11. The molecule has 1 unspecified atom stereocenters. The van der Waals surface area contributed by atoms with E-state index in [0.717, 1.165) is 16.8 Å². The average molecular weight is 465 g/mol. The van der Waals surface area contributed by atoms with Crippen LogP contribution in [0.5, 0.6) is 5.75 Å². The number of phosphoric acid groups is 1. The predicted molar refractivity (Wildman–Crippen MR) is 123 cm³/mol. The number of nitrogens with one attached hydrogen (secondary N) is 2. The number of aliphatic hydroxyl groups excluding tert-OH is 1. The Bertz CT molecular complexity index is 958. The SMILES string of the molecule is CCN(CC(=O)Nc1c(C)cccc1C)Cc1cc(C(O)CNC)ccc1OP(=O)(O)O. The number of likely N-dealkylation sites (N-methyl/N-ethyl adjacent to an activating group) is 2. The van der Waals surface area contributed by atoms with Gasteiger partial charge in [0.2, 0.25) is 5.91 Å². The van der Waals surface area contributed by atoms with Crippen LogP contribution in [0, 0.1) is 13.8 Å². The summed E-state index contributed by atoms with van der Waals surface area (Å²) in [5.41, 5.74) is 3.73. The molecule has 0 fully saturated rings. The highest BCUT2D eigenvalue weighted by molar-refractivity contribution is 7.46. The second-order valence-electron chi connectivity index (χ2n) is 7.64. The lowest BCUT2D eigenvalue weighted by molar-refractivity contribution is -0.117. The minimum absolute atomic E-state index is 0.00680. The van der Waals surface area contributed by atoms with Crippen LogP contribution >= 0.6 is 7.82 Å². The van der Waals surface area contributed by atoms with Crippen LogP contribution in [0.25, 0.3) is 0 Å². The van der Waals surface area contributed by atoms with Gasteiger partial charge in [0.15, 0.2) is 0 Å². The van der Waals surface area contributed by atoms with E-state index in [1.54, 1.807) is 19.2 Å². The summed E-state index contributed by atoms with van der Waals surface area (Å²) < 4.78 is 16.3. The molecule has 0 bridgehead atoms. The van der Waals surface area contributed by atoms with Gasteiger partial charge in [0.25, 0.3) is 0 Å². The topological polar surface area (TPSA) is 131 Å². The van der Waals surface area contributed by atoms with Crippen molar-refractivity contribution in [2.75, 3.05) is 32.0 Å². The molecule has 0 aliphatic carbocycles. The number of hydrogen-bond donors (Lipinski definition) is 5. The van der Waals surface area contributed by atoms with Gasteiger partial charge in [0.1, 0.15) is 5.75 Å². The smallest absolute Gasteiger partial charge is 0.404 e. The van der Waals surface area contributed by atoms with E-state index < -0.39 is 13.9 Å². The fourth-order valence-corrected chi connectivity index (χ4v) is 3.81.